The number of carbonyl (C=O) groups is 3. The van der Waals surface area contributed by atoms with Crippen LogP contribution in [0.3, 0.4) is 0 Å². The van der Waals surface area contributed by atoms with Crippen molar-refractivity contribution in [3.05, 3.63) is 40.4 Å². The average Bonchev–Trinajstić information content (AvgIpc) is 3.29. The van der Waals surface area contributed by atoms with Crippen LogP contribution >= 0.6 is 11.3 Å². The zero-order chi connectivity index (χ0) is 22.0. The first-order valence-electron chi connectivity index (χ1n) is 9.95. The largest absolute Gasteiger partial charge is 0.459 e. The normalized spacial score (nSPS) is 16.3. The highest BCUT2D eigenvalue weighted by atomic mass is 32.1. The van der Waals surface area contributed by atoms with Crippen LogP contribution in [0.4, 0.5) is 10.8 Å². The highest BCUT2D eigenvalue weighted by molar-refractivity contribution is 7.14. The summed E-state index contributed by atoms with van der Waals surface area (Å²) in [4.78, 5) is 44.4. The van der Waals surface area contributed by atoms with E-state index in [4.69, 9.17) is 4.74 Å². The molecule has 0 bridgehead atoms. The number of ether oxygens (including phenoxy) is 1. The van der Waals surface area contributed by atoms with Gasteiger partial charge in [0.15, 0.2) is 5.13 Å². The number of hydrogen-bond acceptors (Lipinski definition) is 6. The summed E-state index contributed by atoms with van der Waals surface area (Å²) in [6.45, 7) is 9.78. The zero-order valence-electron chi connectivity index (χ0n) is 18.0. The fourth-order valence-electron chi connectivity index (χ4n) is 3.41. The van der Waals surface area contributed by atoms with Gasteiger partial charge in [-0.25, -0.2) is 4.98 Å². The SMILES string of the molecule is CC(=O)N(c1ccc(C)c(C)c1)c1nc(COC(=O)C2CC(=O)N(C(C)C)C2)cs1. The molecule has 0 aliphatic carbocycles. The van der Waals surface area contributed by atoms with E-state index < -0.39 is 11.9 Å². The predicted molar refractivity (Wildman–Crippen MR) is 116 cm³/mol. The van der Waals surface area contributed by atoms with Crippen molar-refractivity contribution in [3.8, 4) is 0 Å². The smallest absolute Gasteiger partial charge is 0.311 e. The monoisotopic (exact) mass is 429 g/mol. The lowest BCUT2D eigenvalue weighted by molar-refractivity contribution is -0.149. The van der Waals surface area contributed by atoms with Crippen molar-refractivity contribution in [3.63, 3.8) is 0 Å². The number of carbonyl (C=O) groups excluding carboxylic acids is 3. The van der Waals surface area contributed by atoms with Crippen molar-refractivity contribution in [2.75, 3.05) is 11.4 Å². The number of hydrogen-bond donors (Lipinski definition) is 0. The van der Waals surface area contributed by atoms with Crippen LogP contribution in [0.1, 0.15) is 44.0 Å². The molecule has 30 heavy (non-hydrogen) atoms. The highest BCUT2D eigenvalue weighted by Gasteiger charge is 2.36. The second-order valence-electron chi connectivity index (χ2n) is 7.89. The molecule has 8 heteroatoms. The summed E-state index contributed by atoms with van der Waals surface area (Å²) < 4.78 is 5.41. The summed E-state index contributed by atoms with van der Waals surface area (Å²) >= 11 is 1.32. The molecule has 3 rings (SSSR count). The molecule has 1 aromatic carbocycles. The van der Waals surface area contributed by atoms with Crippen LogP contribution in [-0.2, 0) is 25.7 Å². The van der Waals surface area contributed by atoms with Gasteiger partial charge in [-0.15, -0.1) is 11.3 Å². The van der Waals surface area contributed by atoms with E-state index in [9.17, 15) is 14.4 Å². The first kappa shape index (κ1) is 22.0. The van der Waals surface area contributed by atoms with E-state index in [1.807, 2.05) is 45.9 Å². The lowest BCUT2D eigenvalue weighted by Gasteiger charge is -2.20. The summed E-state index contributed by atoms with van der Waals surface area (Å²) in [6, 6.07) is 5.89. The number of anilines is 2. The van der Waals surface area contributed by atoms with Gasteiger partial charge in [0.25, 0.3) is 0 Å². The van der Waals surface area contributed by atoms with Crippen molar-refractivity contribution in [1.82, 2.24) is 9.88 Å². The van der Waals surface area contributed by atoms with Gasteiger partial charge < -0.3 is 9.64 Å². The molecule has 1 saturated heterocycles. The Morgan fingerprint density at radius 1 is 1.30 bits per heavy atom. The van der Waals surface area contributed by atoms with E-state index in [1.54, 1.807) is 15.2 Å². The van der Waals surface area contributed by atoms with E-state index in [1.165, 1.54) is 18.3 Å². The van der Waals surface area contributed by atoms with E-state index in [-0.39, 0.29) is 30.9 Å². The molecule has 160 valence electrons. The number of thiazole rings is 1. The quantitative estimate of drug-likeness (QED) is 0.654. The highest BCUT2D eigenvalue weighted by Crippen LogP contribution is 2.30. The summed E-state index contributed by atoms with van der Waals surface area (Å²) in [5.41, 5.74) is 3.56. The third-order valence-electron chi connectivity index (χ3n) is 5.27. The van der Waals surface area contributed by atoms with Gasteiger partial charge in [-0.2, -0.15) is 0 Å². The number of amides is 2. The molecule has 2 heterocycles. The summed E-state index contributed by atoms with van der Waals surface area (Å²) in [6.07, 6.45) is 0.185. The van der Waals surface area contributed by atoms with Crippen LogP contribution in [0.25, 0.3) is 0 Å². The fraction of sp³-hybridized carbons (Fsp3) is 0.455. The van der Waals surface area contributed by atoms with Crippen LogP contribution in [-0.4, -0.2) is 40.3 Å². The molecule has 7 nitrogen and oxygen atoms in total. The topological polar surface area (TPSA) is 79.8 Å². The van der Waals surface area contributed by atoms with Gasteiger partial charge in [0.1, 0.15) is 6.61 Å². The molecule has 0 spiro atoms. The minimum absolute atomic E-state index is 0.0143. The summed E-state index contributed by atoms with van der Waals surface area (Å²) in [5, 5.41) is 2.30. The Kier molecular flexibility index (Phi) is 6.55. The molecule has 0 N–H and O–H groups in total. The first-order chi connectivity index (χ1) is 14.2. The molecule has 0 saturated carbocycles. The van der Waals surface area contributed by atoms with Crippen molar-refractivity contribution >= 4 is 39.9 Å². The van der Waals surface area contributed by atoms with Crippen LogP contribution in [0, 0.1) is 19.8 Å². The molecular weight excluding hydrogens is 402 g/mol. The minimum atomic E-state index is -0.442. The van der Waals surface area contributed by atoms with Crippen molar-refractivity contribution in [2.24, 2.45) is 5.92 Å². The van der Waals surface area contributed by atoms with Gasteiger partial charge >= 0.3 is 5.97 Å². The van der Waals surface area contributed by atoms with Crippen molar-refractivity contribution in [1.29, 1.82) is 0 Å². The zero-order valence-corrected chi connectivity index (χ0v) is 18.8. The van der Waals surface area contributed by atoms with E-state index in [0.29, 0.717) is 17.4 Å². The second-order valence-corrected chi connectivity index (χ2v) is 8.73. The molecule has 1 aliphatic rings. The summed E-state index contributed by atoms with van der Waals surface area (Å²) in [5.74, 6) is -0.997. The van der Waals surface area contributed by atoms with Crippen LogP contribution in [0.5, 0.6) is 0 Å². The Hall–Kier alpha value is -2.74. The third-order valence-corrected chi connectivity index (χ3v) is 6.15. The molecule has 0 radical (unpaired) electrons. The number of nitrogens with zero attached hydrogens (tertiary/aromatic N) is 3. The second kappa shape index (κ2) is 8.95. The lowest BCUT2D eigenvalue weighted by Crippen LogP contribution is -2.33. The van der Waals surface area contributed by atoms with Crippen LogP contribution in [0.2, 0.25) is 0 Å². The number of rotatable bonds is 6. The Labute approximate surface area is 180 Å². The maximum atomic E-state index is 12.4. The van der Waals surface area contributed by atoms with E-state index >= 15 is 0 Å². The molecule has 1 aromatic heterocycles. The standard InChI is InChI=1S/C22H27N3O4S/c1-13(2)24-10-17(9-20(24)27)21(28)29-11-18-12-30-22(23-18)25(16(5)26)19-7-6-14(3)15(4)8-19/h6-8,12-13,17H,9-11H2,1-5H3. The summed E-state index contributed by atoms with van der Waals surface area (Å²) in [7, 11) is 0. The van der Waals surface area contributed by atoms with Crippen molar-refractivity contribution < 1.29 is 19.1 Å². The first-order valence-corrected chi connectivity index (χ1v) is 10.8. The van der Waals surface area contributed by atoms with Crippen molar-refractivity contribution in [2.45, 2.75) is 53.7 Å². The van der Waals surface area contributed by atoms with Gasteiger partial charge in [-0.05, 0) is 51.0 Å². The van der Waals surface area contributed by atoms with Gasteiger partial charge in [0.05, 0.1) is 17.3 Å². The minimum Gasteiger partial charge on any atom is -0.459 e. The van der Waals surface area contributed by atoms with Gasteiger partial charge in [0, 0.05) is 31.3 Å². The Bertz CT molecular complexity index is 969. The van der Waals surface area contributed by atoms with Gasteiger partial charge in [-0.1, -0.05) is 6.07 Å². The number of aromatic nitrogens is 1. The number of benzene rings is 1. The maximum absolute atomic E-state index is 12.4. The average molecular weight is 430 g/mol. The molecular formula is C22H27N3O4S. The molecule has 2 amide bonds. The molecule has 2 aromatic rings. The Morgan fingerprint density at radius 3 is 2.63 bits per heavy atom. The number of likely N-dealkylation sites (tertiary alicyclic amines) is 1. The Balaban J connectivity index is 1.66. The molecule has 1 aliphatic heterocycles. The molecule has 1 fully saturated rings. The number of aryl methyl sites for hydroxylation is 2. The fourth-order valence-corrected chi connectivity index (χ4v) is 4.28. The van der Waals surface area contributed by atoms with Gasteiger partial charge in [0.2, 0.25) is 11.8 Å². The Morgan fingerprint density at radius 2 is 2.03 bits per heavy atom. The van der Waals surface area contributed by atoms with Crippen LogP contribution in [0.15, 0.2) is 23.6 Å². The third kappa shape index (κ3) is 4.70. The van der Waals surface area contributed by atoms with Gasteiger partial charge in [-0.3, -0.25) is 19.3 Å². The van der Waals surface area contributed by atoms with E-state index in [0.717, 1.165) is 16.8 Å². The molecule has 1 atom stereocenters. The predicted octanol–water partition coefficient (Wildman–Crippen LogP) is 3.74. The van der Waals surface area contributed by atoms with E-state index in [2.05, 4.69) is 4.98 Å². The lowest BCUT2D eigenvalue weighted by atomic mass is 10.1. The molecule has 1 unspecified atom stereocenters. The van der Waals surface area contributed by atoms with Crippen LogP contribution < -0.4 is 4.90 Å². The maximum Gasteiger partial charge on any atom is 0.311 e. The number of esters is 1.